The van der Waals surface area contributed by atoms with Gasteiger partial charge in [-0.2, -0.15) is 0 Å². The number of carbonyl (C=O) groups is 1. The topological polar surface area (TPSA) is 64.7 Å². The highest BCUT2D eigenvalue weighted by Crippen LogP contribution is 2.29. The van der Waals surface area contributed by atoms with Crippen molar-refractivity contribution in [2.75, 3.05) is 13.4 Å². The van der Waals surface area contributed by atoms with Crippen LogP contribution in [-0.2, 0) is 4.74 Å². The fourth-order valence-electron chi connectivity index (χ4n) is 1.55. The first-order valence-corrected chi connectivity index (χ1v) is 7.54. The van der Waals surface area contributed by atoms with Crippen molar-refractivity contribution in [2.24, 2.45) is 10.7 Å². The molecule has 0 spiro atoms. The Labute approximate surface area is 125 Å². The van der Waals surface area contributed by atoms with Crippen molar-refractivity contribution in [3.05, 3.63) is 41.1 Å². The molecule has 1 rings (SSSR count). The van der Waals surface area contributed by atoms with Crippen LogP contribution < -0.4 is 5.73 Å². The van der Waals surface area contributed by atoms with Gasteiger partial charge in [-0.15, -0.1) is 11.8 Å². The number of rotatable bonds is 4. The van der Waals surface area contributed by atoms with E-state index >= 15 is 0 Å². The van der Waals surface area contributed by atoms with Gasteiger partial charge in [0.15, 0.2) is 0 Å². The Morgan fingerprint density at radius 1 is 1.35 bits per heavy atom. The third-order valence-corrected chi connectivity index (χ3v) is 3.29. The maximum Gasteiger partial charge on any atom is 0.337 e. The number of benzene rings is 1. The summed E-state index contributed by atoms with van der Waals surface area (Å²) in [4.78, 5) is 16.5. The molecule has 0 atom stereocenters. The molecule has 20 heavy (non-hydrogen) atoms. The number of esters is 1. The van der Waals surface area contributed by atoms with Crippen LogP contribution in [0.3, 0.4) is 0 Å². The molecule has 1 aromatic carbocycles. The summed E-state index contributed by atoms with van der Waals surface area (Å²) in [6.07, 6.45) is 3.21. The molecule has 110 valence electrons. The predicted molar refractivity (Wildman–Crippen MR) is 87.9 cm³/mol. The molecule has 2 N–H and O–H groups in total. The summed E-state index contributed by atoms with van der Waals surface area (Å²) in [5.74, 6) is -0.350. The van der Waals surface area contributed by atoms with Crippen molar-refractivity contribution >= 4 is 29.0 Å². The lowest BCUT2D eigenvalue weighted by Gasteiger charge is -2.08. The lowest BCUT2D eigenvalue weighted by molar-refractivity contribution is 0.0600. The molecule has 0 radical (unpaired) electrons. The van der Waals surface area contributed by atoms with Gasteiger partial charge >= 0.3 is 5.97 Å². The molecule has 1 aromatic rings. The first-order chi connectivity index (χ1) is 9.63. The number of aliphatic imine (C=N–C) groups is 1. The van der Waals surface area contributed by atoms with Gasteiger partial charge in [0.05, 0.1) is 24.7 Å². The minimum absolute atomic E-state index is 0.350. The second-order valence-electron chi connectivity index (χ2n) is 3.47. The Morgan fingerprint density at radius 2 is 1.95 bits per heavy atom. The van der Waals surface area contributed by atoms with Gasteiger partial charge in [-0.05, 0) is 30.9 Å². The zero-order chi connectivity index (χ0) is 15.5. The predicted octanol–water partition coefficient (Wildman–Crippen LogP) is 3.54. The quantitative estimate of drug-likeness (QED) is 0.524. The van der Waals surface area contributed by atoms with Gasteiger partial charge in [0.1, 0.15) is 0 Å². The molecule has 0 aromatic heterocycles. The van der Waals surface area contributed by atoms with Gasteiger partial charge in [0.2, 0.25) is 0 Å². The van der Waals surface area contributed by atoms with E-state index in [1.807, 2.05) is 39.2 Å². The smallest absolute Gasteiger partial charge is 0.337 e. The van der Waals surface area contributed by atoms with Crippen LogP contribution in [-0.4, -0.2) is 25.7 Å². The molecular formula is C15H22N2O2S. The standard InChI is InChI=1S/C13H16N2O2S.C2H6/c1-9(15-8-14)12(18-3)10-5-4-6-11(7-10)13(16)17-2;1-2/h4-8H,1-3H3,(H2,14,15);1-2H3/b12-9-;. The fourth-order valence-corrected chi connectivity index (χ4v) is 2.26. The summed E-state index contributed by atoms with van der Waals surface area (Å²) in [5, 5.41) is 0. The van der Waals surface area contributed by atoms with Gasteiger partial charge < -0.3 is 10.5 Å². The largest absolute Gasteiger partial charge is 0.465 e. The van der Waals surface area contributed by atoms with Crippen molar-refractivity contribution in [1.82, 2.24) is 0 Å². The van der Waals surface area contributed by atoms with Gasteiger partial charge in [-0.25, -0.2) is 9.79 Å². The first kappa shape index (κ1) is 18.2. The Morgan fingerprint density at radius 3 is 2.45 bits per heavy atom. The van der Waals surface area contributed by atoms with Crippen LogP contribution in [0.5, 0.6) is 0 Å². The number of hydrogen-bond acceptors (Lipinski definition) is 4. The van der Waals surface area contributed by atoms with Crippen LogP contribution in [0.4, 0.5) is 0 Å². The number of hydrogen-bond donors (Lipinski definition) is 1. The normalized spacial score (nSPS) is 11.4. The number of thioether (sulfide) groups is 1. The van der Waals surface area contributed by atoms with Crippen LogP contribution >= 0.6 is 11.8 Å². The van der Waals surface area contributed by atoms with Crippen LogP contribution in [0.25, 0.3) is 4.91 Å². The van der Waals surface area contributed by atoms with E-state index in [4.69, 9.17) is 10.5 Å². The minimum Gasteiger partial charge on any atom is -0.465 e. The van der Waals surface area contributed by atoms with Crippen molar-refractivity contribution in [2.45, 2.75) is 20.8 Å². The second kappa shape index (κ2) is 10.1. The third kappa shape index (κ3) is 5.09. The first-order valence-electron chi connectivity index (χ1n) is 6.32. The van der Waals surface area contributed by atoms with Crippen LogP contribution in [0.1, 0.15) is 36.7 Å². The Bertz CT molecular complexity index is 496. The molecule has 5 heteroatoms. The molecule has 0 aliphatic heterocycles. The number of nitrogens with two attached hydrogens (primary N) is 1. The van der Waals surface area contributed by atoms with E-state index in [-0.39, 0.29) is 5.97 Å². The number of carbonyl (C=O) groups excluding carboxylic acids is 1. The van der Waals surface area contributed by atoms with Crippen molar-refractivity contribution < 1.29 is 9.53 Å². The summed E-state index contributed by atoms with van der Waals surface area (Å²) in [7, 11) is 1.37. The van der Waals surface area contributed by atoms with Gasteiger partial charge in [-0.3, -0.25) is 0 Å². The Kier molecular flexibility index (Phi) is 9.20. The second-order valence-corrected chi connectivity index (χ2v) is 4.29. The lowest BCUT2D eigenvalue weighted by atomic mass is 10.1. The monoisotopic (exact) mass is 294 g/mol. The Hall–Kier alpha value is -1.75. The molecule has 0 saturated heterocycles. The lowest BCUT2D eigenvalue weighted by Crippen LogP contribution is -2.01. The van der Waals surface area contributed by atoms with E-state index in [0.29, 0.717) is 5.56 Å². The zero-order valence-corrected chi connectivity index (χ0v) is 13.5. The van der Waals surface area contributed by atoms with Crippen LogP contribution in [0, 0.1) is 0 Å². The average molecular weight is 294 g/mol. The molecule has 0 aliphatic carbocycles. The van der Waals surface area contributed by atoms with E-state index in [1.54, 1.807) is 23.9 Å². The molecule has 0 aliphatic rings. The summed E-state index contributed by atoms with van der Waals surface area (Å²) >= 11 is 1.56. The minimum atomic E-state index is -0.350. The van der Waals surface area contributed by atoms with Gasteiger partial charge in [0.25, 0.3) is 0 Å². The summed E-state index contributed by atoms with van der Waals surface area (Å²) in [6.45, 7) is 5.88. The van der Waals surface area contributed by atoms with E-state index in [2.05, 4.69) is 4.99 Å². The van der Waals surface area contributed by atoms with Crippen molar-refractivity contribution in [1.29, 1.82) is 0 Å². The van der Waals surface area contributed by atoms with Crippen LogP contribution in [0.15, 0.2) is 35.0 Å². The number of nitrogens with zero attached hydrogens (tertiary/aromatic N) is 1. The maximum atomic E-state index is 11.5. The van der Waals surface area contributed by atoms with Crippen molar-refractivity contribution in [3.8, 4) is 0 Å². The zero-order valence-electron chi connectivity index (χ0n) is 12.6. The Balaban J connectivity index is 0.00000172. The van der Waals surface area contributed by atoms with Gasteiger partial charge in [0, 0.05) is 4.91 Å². The molecule has 0 bridgehead atoms. The SMILES string of the molecule is CC.COC(=O)c1cccc(/C(SC)=C(\C)N=CN)c1. The fraction of sp³-hybridized carbons (Fsp3) is 0.333. The third-order valence-electron chi connectivity index (χ3n) is 2.35. The highest BCUT2D eigenvalue weighted by Gasteiger charge is 2.09. The van der Waals surface area contributed by atoms with Crippen molar-refractivity contribution in [3.63, 3.8) is 0 Å². The van der Waals surface area contributed by atoms with E-state index in [9.17, 15) is 4.79 Å². The molecule has 0 heterocycles. The summed E-state index contributed by atoms with van der Waals surface area (Å²) in [6, 6.07) is 7.24. The molecule has 4 nitrogen and oxygen atoms in total. The molecule has 0 fully saturated rings. The summed E-state index contributed by atoms with van der Waals surface area (Å²) in [5.41, 5.74) is 7.55. The highest BCUT2D eigenvalue weighted by atomic mass is 32.2. The highest BCUT2D eigenvalue weighted by molar-refractivity contribution is 8.07. The molecule has 0 saturated carbocycles. The molecule has 0 amide bonds. The van der Waals surface area contributed by atoms with E-state index in [0.717, 1.165) is 16.2 Å². The van der Waals surface area contributed by atoms with Gasteiger partial charge in [-0.1, -0.05) is 26.0 Å². The maximum absolute atomic E-state index is 11.5. The van der Waals surface area contributed by atoms with Crippen LogP contribution in [0.2, 0.25) is 0 Å². The van der Waals surface area contributed by atoms with E-state index < -0.39 is 0 Å². The molecular weight excluding hydrogens is 272 g/mol. The summed E-state index contributed by atoms with van der Waals surface area (Å²) < 4.78 is 4.70. The number of allylic oxidation sites excluding steroid dienone is 1. The average Bonchev–Trinajstić information content (AvgIpc) is 2.50. The molecule has 0 unspecified atom stereocenters. The number of methoxy groups -OCH3 is 1. The van der Waals surface area contributed by atoms with E-state index in [1.165, 1.54) is 13.4 Å². The number of ether oxygens (including phenoxy) is 1.